The maximum absolute atomic E-state index is 14.5. The summed E-state index contributed by atoms with van der Waals surface area (Å²) in [5.41, 5.74) is 0.325. The number of hydrogen-bond donors (Lipinski definition) is 1. The van der Waals surface area contributed by atoms with E-state index in [1.807, 2.05) is 6.92 Å². The monoisotopic (exact) mass is 423 g/mol. The third kappa shape index (κ3) is 3.81. The van der Waals surface area contributed by atoms with Gasteiger partial charge in [-0.2, -0.15) is 0 Å². The van der Waals surface area contributed by atoms with Crippen molar-refractivity contribution < 1.29 is 18.3 Å². The van der Waals surface area contributed by atoms with Crippen LogP contribution in [0.2, 0.25) is 0 Å². The topological polar surface area (TPSA) is 54.5 Å². The van der Waals surface area contributed by atoms with Crippen LogP contribution in [0.5, 0.6) is 5.75 Å². The van der Waals surface area contributed by atoms with Gasteiger partial charge in [0, 0.05) is 24.7 Å². The molecule has 4 rings (SSSR count). The van der Waals surface area contributed by atoms with Crippen molar-refractivity contribution in [3.8, 4) is 16.9 Å². The molecule has 1 spiro atoms. The molecule has 0 unspecified atom stereocenters. The summed E-state index contributed by atoms with van der Waals surface area (Å²) < 4.78 is 34.3. The van der Waals surface area contributed by atoms with Crippen molar-refractivity contribution >= 4 is 18.3 Å². The van der Waals surface area contributed by atoms with Crippen LogP contribution in [0.3, 0.4) is 0 Å². The van der Waals surface area contributed by atoms with E-state index in [4.69, 9.17) is 4.74 Å². The largest absolute Gasteiger partial charge is 0.494 e. The number of halogens is 3. The minimum Gasteiger partial charge on any atom is -0.494 e. The number of carbonyl (C=O) groups excluding carboxylic acids is 1. The van der Waals surface area contributed by atoms with Crippen LogP contribution in [0, 0.1) is 11.6 Å². The number of ether oxygens (including phenoxy) is 1. The average molecular weight is 424 g/mol. The molecule has 3 heterocycles. The summed E-state index contributed by atoms with van der Waals surface area (Å²) in [6.45, 7) is 2.99. The predicted octanol–water partition coefficient (Wildman–Crippen LogP) is 3.87. The molecule has 2 atom stereocenters. The number of rotatable bonds is 4. The van der Waals surface area contributed by atoms with Crippen molar-refractivity contribution in [1.82, 2.24) is 15.2 Å². The van der Waals surface area contributed by atoms with Gasteiger partial charge in [0.15, 0.2) is 0 Å². The van der Waals surface area contributed by atoms with Gasteiger partial charge in [-0.3, -0.25) is 15.1 Å². The van der Waals surface area contributed by atoms with Crippen molar-refractivity contribution in [2.45, 2.75) is 37.8 Å². The maximum Gasteiger partial charge on any atom is 0.242 e. The summed E-state index contributed by atoms with van der Waals surface area (Å²) >= 11 is 0. The summed E-state index contributed by atoms with van der Waals surface area (Å²) in [6, 6.07) is 5.69. The lowest BCUT2D eigenvalue weighted by Gasteiger charge is -2.23. The van der Waals surface area contributed by atoms with Crippen molar-refractivity contribution in [1.29, 1.82) is 0 Å². The van der Waals surface area contributed by atoms with Gasteiger partial charge in [0.05, 0.1) is 24.5 Å². The Morgan fingerprint density at radius 1 is 1.24 bits per heavy atom. The molecule has 1 N–H and O–H groups in total. The van der Waals surface area contributed by atoms with Crippen LogP contribution in [0.15, 0.2) is 30.5 Å². The van der Waals surface area contributed by atoms with E-state index < -0.39 is 17.2 Å². The summed E-state index contributed by atoms with van der Waals surface area (Å²) in [5, 5.41) is 3.41. The van der Waals surface area contributed by atoms with Crippen LogP contribution in [0.25, 0.3) is 11.1 Å². The van der Waals surface area contributed by atoms with E-state index in [9.17, 15) is 13.6 Å². The first-order valence-corrected chi connectivity index (χ1v) is 9.55. The Bertz CT molecular complexity index is 927. The number of pyridine rings is 1. The number of carbonyl (C=O) groups is 1. The Balaban J connectivity index is 0.00000240. The highest BCUT2D eigenvalue weighted by Gasteiger charge is 2.50. The molecule has 1 aromatic carbocycles. The first-order valence-electron chi connectivity index (χ1n) is 9.55. The molecule has 2 fully saturated rings. The lowest BCUT2D eigenvalue weighted by atomic mass is 9.96. The van der Waals surface area contributed by atoms with E-state index in [1.165, 1.54) is 18.2 Å². The predicted molar refractivity (Wildman–Crippen MR) is 108 cm³/mol. The number of likely N-dealkylation sites (tertiary alicyclic amines) is 1. The lowest BCUT2D eigenvalue weighted by molar-refractivity contribution is -0.131. The van der Waals surface area contributed by atoms with Gasteiger partial charge < -0.3 is 9.64 Å². The molecule has 2 aromatic rings. The molecule has 1 amide bonds. The van der Waals surface area contributed by atoms with Crippen molar-refractivity contribution in [2.75, 3.05) is 20.2 Å². The zero-order valence-corrected chi connectivity index (χ0v) is 17.2. The standard InChI is InChI=1S/C21H23F2N3O2.ClH/c1-3-28-13-4-5-16(22)14(10-13)15-11-19(24-12-17(15)23)18-6-7-21(25-18)8-9-26(2)20(21)27;/h4-5,10-12,18,25H,3,6-9H2,1-2H3;1H/t18-,21+;/m1./s1. The SMILES string of the molecule is CCOc1ccc(F)c(-c2cc([C@H]3CC[C@@]4(CCN(C)C4=O)N3)ncc2F)c1.Cl. The van der Waals surface area contributed by atoms with E-state index in [0.29, 0.717) is 24.5 Å². The number of hydrogen-bond acceptors (Lipinski definition) is 4. The molecule has 1 aromatic heterocycles. The van der Waals surface area contributed by atoms with Gasteiger partial charge >= 0.3 is 0 Å². The highest BCUT2D eigenvalue weighted by Crippen LogP contribution is 2.39. The molecule has 5 nitrogen and oxygen atoms in total. The lowest BCUT2D eigenvalue weighted by Crippen LogP contribution is -2.47. The van der Waals surface area contributed by atoms with Gasteiger partial charge in [-0.25, -0.2) is 8.78 Å². The molecular weight excluding hydrogens is 400 g/mol. The Morgan fingerprint density at radius 2 is 2.00 bits per heavy atom. The molecule has 8 heteroatoms. The number of likely N-dealkylation sites (N-methyl/N-ethyl adjacent to an activating group) is 1. The summed E-state index contributed by atoms with van der Waals surface area (Å²) in [6.07, 6.45) is 3.30. The Hall–Kier alpha value is -2.25. The smallest absolute Gasteiger partial charge is 0.242 e. The number of nitrogens with zero attached hydrogens (tertiary/aromatic N) is 2. The fourth-order valence-electron chi connectivity index (χ4n) is 4.21. The Labute approximate surface area is 174 Å². The normalized spacial score (nSPS) is 23.5. The third-order valence-electron chi connectivity index (χ3n) is 5.71. The van der Waals surface area contributed by atoms with Crippen LogP contribution in [0.4, 0.5) is 8.78 Å². The second-order valence-corrected chi connectivity index (χ2v) is 7.46. The van der Waals surface area contributed by atoms with Gasteiger partial charge in [0.1, 0.15) is 22.9 Å². The number of aromatic nitrogens is 1. The minimum atomic E-state index is -0.597. The molecular formula is C21H24ClF2N3O2. The van der Waals surface area contributed by atoms with Crippen LogP contribution < -0.4 is 10.1 Å². The van der Waals surface area contributed by atoms with Crippen molar-refractivity contribution in [2.24, 2.45) is 0 Å². The minimum absolute atomic E-state index is 0. The Morgan fingerprint density at radius 3 is 2.69 bits per heavy atom. The van der Waals surface area contributed by atoms with Gasteiger partial charge in [-0.1, -0.05) is 0 Å². The number of nitrogens with one attached hydrogen (secondary N) is 1. The third-order valence-corrected chi connectivity index (χ3v) is 5.71. The first kappa shape index (κ1) is 21.5. The average Bonchev–Trinajstić information content (AvgIpc) is 3.24. The second kappa shape index (κ2) is 8.24. The van der Waals surface area contributed by atoms with E-state index in [2.05, 4.69) is 10.3 Å². The quantitative estimate of drug-likeness (QED) is 0.811. The van der Waals surface area contributed by atoms with Crippen molar-refractivity contribution in [3.05, 3.63) is 47.8 Å². The van der Waals surface area contributed by atoms with Crippen molar-refractivity contribution in [3.63, 3.8) is 0 Å². The molecule has 0 bridgehead atoms. The highest BCUT2D eigenvalue weighted by atomic mass is 35.5. The molecule has 0 aliphatic carbocycles. The van der Waals surface area contributed by atoms with Gasteiger partial charge in [-0.15, -0.1) is 12.4 Å². The second-order valence-electron chi connectivity index (χ2n) is 7.46. The Kier molecular flexibility index (Phi) is 6.10. The van der Waals surface area contributed by atoms with Crippen LogP contribution in [-0.4, -0.2) is 41.5 Å². The summed E-state index contributed by atoms with van der Waals surface area (Å²) in [5.74, 6) is -0.550. The zero-order valence-electron chi connectivity index (χ0n) is 16.4. The fourth-order valence-corrected chi connectivity index (χ4v) is 4.21. The molecule has 29 heavy (non-hydrogen) atoms. The first-order chi connectivity index (χ1) is 13.4. The van der Waals surface area contributed by atoms with Gasteiger partial charge in [0.2, 0.25) is 5.91 Å². The number of benzene rings is 1. The van der Waals surface area contributed by atoms with E-state index in [-0.39, 0.29) is 35.5 Å². The maximum atomic E-state index is 14.5. The van der Waals surface area contributed by atoms with Crippen LogP contribution in [0.1, 0.15) is 37.9 Å². The highest BCUT2D eigenvalue weighted by molar-refractivity contribution is 5.88. The summed E-state index contributed by atoms with van der Waals surface area (Å²) in [7, 11) is 1.80. The van der Waals surface area contributed by atoms with Crippen LogP contribution >= 0.6 is 12.4 Å². The van der Waals surface area contributed by atoms with E-state index in [0.717, 1.165) is 25.6 Å². The van der Waals surface area contributed by atoms with Gasteiger partial charge in [-0.05, 0) is 50.5 Å². The van der Waals surface area contributed by atoms with E-state index >= 15 is 0 Å². The molecule has 2 aliphatic rings. The molecule has 0 radical (unpaired) electrons. The summed E-state index contributed by atoms with van der Waals surface area (Å²) in [4.78, 5) is 18.5. The zero-order chi connectivity index (χ0) is 19.9. The fraction of sp³-hybridized carbons (Fsp3) is 0.429. The molecule has 156 valence electrons. The number of amides is 1. The molecule has 2 saturated heterocycles. The van der Waals surface area contributed by atoms with E-state index in [1.54, 1.807) is 18.0 Å². The van der Waals surface area contributed by atoms with Crippen LogP contribution in [-0.2, 0) is 4.79 Å². The molecule has 0 saturated carbocycles. The molecule has 2 aliphatic heterocycles. The van der Waals surface area contributed by atoms with Gasteiger partial charge in [0.25, 0.3) is 0 Å².